The maximum atomic E-state index is 9.63. The molecule has 1 saturated heterocycles. The fraction of sp³-hybridized carbons (Fsp3) is 0.261. The molecular formula is C23H23ClN6. The molecule has 0 radical (unpaired) electrons. The van der Waals surface area contributed by atoms with Crippen molar-refractivity contribution < 1.29 is 0 Å². The Balaban J connectivity index is 1.57. The van der Waals surface area contributed by atoms with Gasteiger partial charge < -0.3 is 16.0 Å². The Morgan fingerprint density at radius 2 is 1.93 bits per heavy atom. The number of nitrogen functional groups attached to an aromatic ring is 1. The number of rotatable bonds is 4. The number of anilines is 3. The van der Waals surface area contributed by atoms with Gasteiger partial charge in [0.05, 0.1) is 11.3 Å². The first kappa shape index (κ1) is 20.0. The summed E-state index contributed by atoms with van der Waals surface area (Å²) in [6.45, 7) is 3.53. The van der Waals surface area contributed by atoms with Crippen molar-refractivity contribution in [1.82, 2.24) is 9.97 Å². The lowest BCUT2D eigenvalue weighted by molar-refractivity contribution is 0.525. The molecule has 0 aliphatic carbocycles. The molecule has 6 nitrogen and oxygen atoms in total. The number of aromatic nitrogens is 2. The summed E-state index contributed by atoms with van der Waals surface area (Å²) in [5.74, 6) is 2.03. The predicted molar refractivity (Wildman–Crippen MR) is 122 cm³/mol. The lowest BCUT2D eigenvalue weighted by atomic mass is 10.0. The third kappa shape index (κ3) is 4.32. The number of hydrogen-bond donors (Lipinski definition) is 2. The molecule has 3 heterocycles. The van der Waals surface area contributed by atoms with Gasteiger partial charge in [-0.25, -0.2) is 9.97 Å². The second-order valence-corrected chi connectivity index (χ2v) is 7.95. The molecule has 152 valence electrons. The zero-order valence-electron chi connectivity index (χ0n) is 16.8. The molecule has 30 heavy (non-hydrogen) atoms. The molecule has 1 aromatic carbocycles. The minimum atomic E-state index is 0.195. The van der Waals surface area contributed by atoms with Gasteiger partial charge in [-0.15, -0.1) is 0 Å². The molecule has 3 N–H and O–H groups in total. The molecule has 7 heteroatoms. The Hall–Kier alpha value is -3.30. The van der Waals surface area contributed by atoms with Crippen LogP contribution in [0.1, 0.15) is 24.0 Å². The molecule has 2 aromatic heterocycles. The summed E-state index contributed by atoms with van der Waals surface area (Å²) in [6.07, 6.45) is 2.02. The first-order chi connectivity index (χ1) is 14.5. The molecule has 4 rings (SSSR count). The van der Waals surface area contributed by atoms with Crippen molar-refractivity contribution in [2.75, 3.05) is 29.0 Å². The van der Waals surface area contributed by atoms with Gasteiger partial charge in [0.25, 0.3) is 0 Å². The van der Waals surface area contributed by atoms with E-state index in [1.165, 1.54) is 0 Å². The van der Waals surface area contributed by atoms with Crippen molar-refractivity contribution in [3.8, 4) is 17.3 Å². The van der Waals surface area contributed by atoms with Gasteiger partial charge in [0.1, 0.15) is 23.5 Å². The Morgan fingerprint density at radius 3 is 2.67 bits per heavy atom. The maximum absolute atomic E-state index is 9.63. The molecule has 0 spiro atoms. The molecule has 0 amide bonds. The Labute approximate surface area is 181 Å². The highest BCUT2D eigenvalue weighted by atomic mass is 35.5. The van der Waals surface area contributed by atoms with E-state index in [-0.39, 0.29) is 6.04 Å². The van der Waals surface area contributed by atoms with Crippen molar-refractivity contribution >= 4 is 29.1 Å². The van der Waals surface area contributed by atoms with Gasteiger partial charge in [-0.3, -0.25) is 0 Å². The largest absolute Gasteiger partial charge is 0.383 e. The SMILES string of the molecule is Cc1ccc(NC2CCCN(c3nc(-c4ccc(Cl)cc4)ccc3C#N)C2)nc1N. The number of nitrogens with one attached hydrogen (secondary N) is 1. The summed E-state index contributed by atoms with van der Waals surface area (Å²) in [6, 6.07) is 17.7. The zero-order chi connectivity index (χ0) is 21.1. The zero-order valence-corrected chi connectivity index (χ0v) is 17.5. The van der Waals surface area contributed by atoms with Crippen LogP contribution in [-0.2, 0) is 0 Å². The first-order valence-electron chi connectivity index (χ1n) is 9.95. The van der Waals surface area contributed by atoms with Crippen molar-refractivity contribution in [1.29, 1.82) is 5.26 Å². The lowest BCUT2D eigenvalue weighted by Crippen LogP contribution is -2.43. The van der Waals surface area contributed by atoms with Crippen molar-refractivity contribution in [3.05, 3.63) is 64.7 Å². The van der Waals surface area contributed by atoms with E-state index in [0.29, 0.717) is 22.2 Å². The number of nitrogens with two attached hydrogens (primary N) is 1. The highest BCUT2D eigenvalue weighted by Crippen LogP contribution is 2.28. The standard InChI is InChI=1S/C23H23ClN6/c1-15-4-11-21(29-22(15)26)27-19-3-2-12-30(14-19)23-17(13-25)7-10-20(28-23)16-5-8-18(24)9-6-16/h4-11,19H,2-3,12,14H2,1H3,(H3,26,27,29). The van der Waals surface area contributed by atoms with Gasteiger partial charge in [0, 0.05) is 29.7 Å². The van der Waals surface area contributed by atoms with Crippen LogP contribution in [0.4, 0.5) is 17.5 Å². The Kier molecular flexibility index (Phi) is 5.73. The second-order valence-electron chi connectivity index (χ2n) is 7.51. The van der Waals surface area contributed by atoms with Crippen LogP contribution in [0, 0.1) is 18.3 Å². The summed E-state index contributed by atoms with van der Waals surface area (Å²) in [5, 5.41) is 13.8. The summed E-state index contributed by atoms with van der Waals surface area (Å²) in [7, 11) is 0. The van der Waals surface area contributed by atoms with Crippen molar-refractivity contribution in [3.63, 3.8) is 0 Å². The molecule has 1 atom stereocenters. The molecule has 1 fully saturated rings. The van der Waals surface area contributed by atoms with Crippen molar-refractivity contribution in [2.24, 2.45) is 0 Å². The van der Waals surface area contributed by atoms with E-state index in [2.05, 4.69) is 21.3 Å². The van der Waals surface area contributed by atoms with Crippen molar-refractivity contribution in [2.45, 2.75) is 25.8 Å². The average Bonchev–Trinajstić information content (AvgIpc) is 2.76. The van der Waals surface area contributed by atoms with Gasteiger partial charge in [-0.1, -0.05) is 29.8 Å². The van der Waals surface area contributed by atoms with Crippen LogP contribution in [0.25, 0.3) is 11.3 Å². The van der Waals surface area contributed by atoms with Gasteiger partial charge in [0.2, 0.25) is 0 Å². The molecule has 0 bridgehead atoms. The number of nitrogens with zero attached hydrogens (tertiary/aromatic N) is 4. The number of hydrogen-bond acceptors (Lipinski definition) is 6. The Morgan fingerprint density at radius 1 is 1.13 bits per heavy atom. The van der Waals surface area contributed by atoms with E-state index in [1.807, 2.05) is 55.5 Å². The molecule has 0 saturated carbocycles. The van der Waals surface area contributed by atoms with Gasteiger partial charge in [0.15, 0.2) is 0 Å². The smallest absolute Gasteiger partial charge is 0.147 e. The average molecular weight is 419 g/mol. The van der Waals surface area contributed by atoms with Crippen LogP contribution >= 0.6 is 11.6 Å². The first-order valence-corrected chi connectivity index (χ1v) is 10.3. The van der Waals surface area contributed by atoms with Gasteiger partial charge in [-0.2, -0.15) is 5.26 Å². The minimum absolute atomic E-state index is 0.195. The summed E-state index contributed by atoms with van der Waals surface area (Å²) >= 11 is 6.01. The molecule has 1 aliphatic rings. The quantitative estimate of drug-likeness (QED) is 0.641. The second kappa shape index (κ2) is 8.60. The molecule has 1 unspecified atom stereocenters. The van der Waals surface area contributed by atoms with Crippen LogP contribution in [0.5, 0.6) is 0 Å². The topological polar surface area (TPSA) is 90.9 Å². The normalized spacial score (nSPS) is 16.2. The van der Waals surface area contributed by atoms with Crippen LogP contribution < -0.4 is 16.0 Å². The van der Waals surface area contributed by atoms with E-state index in [9.17, 15) is 5.26 Å². The fourth-order valence-corrected chi connectivity index (χ4v) is 3.81. The van der Waals surface area contributed by atoms with Gasteiger partial charge >= 0.3 is 0 Å². The van der Waals surface area contributed by atoms with E-state index < -0.39 is 0 Å². The summed E-state index contributed by atoms with van der Waals surface area (Å²) in [5.41, 5.74) is 9.28. The van der Waals surface area contributed by atoms with E-state index in [4.69, 9.17) is 22.3 Å². The van der Waals surface area contributed by atoms with Crippen LogP contribution in [-0.4, -0.2) is 29.1 Å². The number of pyridine rings is 2. The van der Waals surface area contributed by atoms with E-state index in [1.54, 1.807) is 0 Å². The monoisotopic (exact) mass is 418 g/mol. The maximum Gasteiger partial charge on any atom is 0.147 e. The number of benzene rings is 1. The number of aryl methyl sites for hydroxylation is 1. The molecule has 3 aromatic rings. The summed E-state index contributed by atoms with van der Waals surface area (Å²) < 4.78 is 0. The number of nitriles is 1. The van der Waals surface area contributed by atoms with E-state index >= 15 is 0 Å². The van der Waals surface area contributed by atoms with Crippen LogP contribution in [0.15, 0.2) is 48.5 Å². The van der Waals surface area contributed by atoms with Gasteiger partial charge in [-0.05, 0) is 55.7 Å². The lowest BCUT2D eigenvalue weighted by Gasteiger charge is -2.34. The van der Waals surface area contributed by atoms with Crippen LogP contribution in [0.3, 0.4) is 0 Å². The minimum Gasteiger partial charge on any atom is -0.383 e. The number of halogens is 1. The molecular weight excluding hydrogens is 396 g/mol. The molecule has 1 aliphatic heterocycles. The van der Waals surface area contributed by atoms with Crippen LogP contribution in [0.2, 0.25) is 5.02 Å². The third-order valence-corrected chi connectivity index (χ3v) is 5.60. The summed E-state index contributed by atoms with van der Waals surface area (Å²) in [4.78, 5) is 11.4. The highest BCUT2D eigenvalue weighted by molar-refractivity contribution is 6.30. The highest BCUT2D eigenvalue weighted by Gasteiger charge is 2.23. The fourth-order valence-electron chi connectivity index (χ4n) is 3.68. The third-order valence-electron chi connectivity index (χ3n) is 5.34. The Bertz CT molecular complexity index is 1090. The van der Waals surface area contributed by atoms with E-state index in [0.717, 1.165) is 48.6 Å². The predicted octanol–water partition coefficient (Wildman–Crippen LogP) is 4.64. The number of piperidine rings is 1.